The number of phenols is 1. The molecule has 0 radical (unpaired) electrons. The predicted molar refractivity (Wildman–Crippen MR) is 78.2 cm³/mol. The summed E-state index contributed by atoms with van der Waals surface area (Å²) < 4.78 is 6.70. The van der Waals surface area contributed by atoms with Crippen molar-refractivity contribution in [2.75, 3.05) is 0 Å². The van der Waals surface area contributed by atoms with Gasteiger partial charge in [0.15, 0.2) is 5.58 Å². The number of benzene rings is 2. The van der Waals surface area contributed by atoms with E-state index in [2.05, 4.69) is 0 Å². The van der Waals surface area contributed by atoms with Crippen LogP contribution < -0.4 is 5.56 Å². The van der Waals surface area contributed by atoms with E-state index in [9.17, 15) is 15.0 Å². The summed E-state index contributed by atoms with van der Waals surface area (Å²) in [5, 5.41) is 20.0. The van der Waals surface area contributed by atoms with Crippen molar-refractivity contribution in [1.82, 2.24) is 4.74 Å². The highest BCUT2D eigenvalue weighted by Crippen LogP contribution is 2.21. The lowest BCUT2D eigenvalue weighted by Gasteiger charge is -2.10. The van der Waals surface area contributed by atoms with Gasteiger partial charge in [-0.25, -0.2) is 0 Å². The molecule has 0 unspecified atom stereocenters. The molecule has 0 bridgehead atoms. The van der Waals surface area contributed by atoms with Crippen molar-refractivity contribution >= 4 is 11.0 Å². The minimum Gasteiger partial charge on any atom is -0.508 e. The van der Waals surface area contributed by atoms with Crippen LogP contribution >= 0.6 is 0 Å². The fraction of sp³-hybridized carbons (Fsp3) is 0.188. The van der Waals surface area contributed by atoms with E-state index in [1.165, 1.54) is 10.8 Å². The van der Waals surface area contributed by atoms with Crippen LogP contribution in [0.25, 0.3) is 11.0 Å². The first-order valence-electron chi connectivity index (χ1n) is 6.71. The molecule has 5 nitrogen and oxygen atoms in total. The van der Waals surface area contributed by atoms with E-state index < -0.39 is 6.10 Å². The SMILES string of the molecule is O=c1c2ccccc2on1CC[C@@H](O)c1cccc(O)c1. The standard InChI is InChI=1S/C16H15NO4/c18-12-5-3-4-11(10-12)14(19)8-9-17-16(20)13-6-1-2-7-15(13)21-17/h1-7,10,14,18-19H,8-9H2/t14-/m1/s1. The van der Waals surface area contributed by atoms with E-state index in [-0.39, 0.29) is 17.9 Å². The maximum atomic E-state index is 12.1. The Labute approximate surface area is 120 Å². The zero-order valence-corrected chi connectivity index (χ0v) is 11.3. The Hall–Kier alpha value is -2.53. The lowest BCUT2D eigenvalue weighted by Crippen LogP contribution is -2.16. The van der Waals surface area contributed by atoms with Gasteiger partial charge in [0.2, 0.25) is 0 Å². The van der Waals surface area contributed by atoms with Crippen LogP contribution in [0.2, 0.25) is 0 Å². The molecule has 1 aromatic heterocycles. The number of aliphatic hydroxyl groups is 1. The average molecular weight is 285 g/mol. The summed E-state index contributed by atoms with van der Waals surface area (Å²) in [6.45, 7) is 0.268. The summed E-state index contributed by atoms with van der Waals surface area (Å²) in [7, 11) is 0. The number of phenolic OH excluding ortho intramolecular Hbond substituents is 1. The quantitative estimate of drug-likeness (QED) is 0.772. The Balaban J connectivity index is 1.77. The summed E-state index contributed by atoms with van der Waals surface area (Å²) in [4.78, 5) is 12.1. The van der Waals surface area contributed by atoms with Gasteiger partial charge in [-0.2, -0.15) is 4.74 Å². The van der Waals surface area contributed by atoms with Crippen molar-refractivity contribution in [2.24, 2.45) is 0 Å². The highest BCUT2D eigenvalue weighted by Gasteiger charge is 2.12. The molecule has 3 rings (SSSR count). The van der Waals surface area contributed by atoms with Gasteiger partial charge in [-0.05, 0) is 36.2 Å². The summed E-state index contributed by atoms with van der Waals surface area (Å²) >= 11 is 0. The molecule has 108 valence electrons. The first kappa shape index (κ1) is 13.5. The number of aryl methyl sites for hydroxylation is 1. The molecule has 0 saturated carbocycles. The molecule has 3 aromatic rings. The minimum atomic E-state index is -0.766. The Morgan fingerprint density at radius 3 is 2.71 bits per heavy atom. The molecule has 1 heterocycles. The molecule has 0 aliphatic rings. The van der Waals surface area contributed by atoms with Gasteiger partial charge in [-0.1, -0.05) is 24.3 Å². The van der Waals surface area contributed by atoms with Crippen molar-refractivity contribution < 1.29 is 14.7 Å². The zero-order valence-electron chi connectivity index (χ0n) is 11.3. The summed E-state index contributed by atoms with van der Waals surface area (Å²) in [6, 6.07) is 13.5. The topological polar surface area (TPSA) is 75.6 Å². The largest absolute Gasteiger partial charge is 0.508 e. The number of para-hydroxylation sites is 1. The van der Waals surface area contributed by atoms with Crippen LogP contribution in [-0.4, -0.2) is 15.0 Å². The molecule has 2 aromatic carbocycles. The molecule has 0 amide bonds. The minimum absolute atomic E-state index is 0.104. The molecule has 5 heteroatoms. The van der Waals surface area contributed by atoms with Gasteiger partial charge < -0.3 is 14.7 Å². The highest BCUT2D eigenvalue weighted by molar-refractivity contribution is 5.75. The lowest BCUT2D eigenvalue weighted by atomic mass is 10.1. The molecule has 0 aliphatic heterocycles. The van der Waals surface area contributed by atoms with Crippen LogP contribution in [0.1, 0.15) is 18.1 Å². The second-order valence-electron chi connectivity index (χ2n) is 4.89. The van der Waals surface area contributed by atoms with E-state index in [1.807, 2.05) is 0 Å². The maximum absolute atomic E-state index is 12.1. The van der Waals surface area contributed by atoms with E-state index in [4.69, 9.17) is 4.52 Å². The number of hydrogen-bond donors (Lipinski definition) is 2. The third-order valence-electron chi connectivity index (χ3n) is 3.41. The number of hydrogen-bond acceptors (Lipinski definition) is 4. The fourth-order valence-electron chi connectivity index (χ4n) is 2.30. The van der Waals surface area contributed by atoms with Crippen molar-refractivity contribution in [2.45, 2.75) is 19.1 Å². The maximum Gasteiger partial charge on any atom is 0.290 e. The van der Waals surface area contributed by atoms with Gasteiger partial charge >= 0.3 is 0 Å². The Morgan fingerprint density at radius 1 is 1.14 bits per heavy atom. The monoisotopic (exact) mass is 285 g/mol. The van der Waals surface area contributed by atoms with E-state index in [0.29, 0.717) is 23.0 Å². The van der Waals surface area contributed by atoms with Crippen molar-refractivity contribution in [3.63, 3.8) is 0 Å². The second kappa shape index (κ2) is 5.46. The molecule has 0 fully saturated rings. The van der Waals surface area contributed by atoms with Crippen LogP contribution in [0.3, 0.4) is 0 Å². The normalized spacial score (nSPS) is 12.6. The van der Waals surface area contributed by atoms with Gasteiger partial charge in [0.05, 0.1) is 18.0 Å². The number of fused-ring (bicyclic) bond motifs is 1. The number of aromatic nitrogens is 1. The number of aliphatic hydroxyl groups excluding tert-OH is 1. The summed E-state index contributed by atoms with van der Waals surface area (Å²) in [6.07, 6.45) is -0.444. The molecular weight excluding hydrogens is 270 g/mol. The molecular formula is C16H15NO4. The smallest absolute Gasteiger partial charge is 0.290 e. The van der Waals surface area contributed by atoms with Crippen LogP contribution in [0.15, 0.2) is 57.8 Å². The third-order valence-corrected chi connectivity index (χ3v) is 3.41. The van der Waals surface area contributed by atoms with Crippen LogP contribution in [0.4, 0.5) is 0 Å². The Morgan fingerprint density at radius 2 is 1.95 bits per heavy atom. The van der Waals surface area contributed by atoms with Crippen LogP contribution in [-0.2, 0) is 6.54 Å². The first-order chi connectivity index (χ1) is 10.1. The van der Waals surface area contributed by atoms with Crippen LogP contribution in [0.5, 0.6) is 5.75 Å². The Kier molecular flexibility index (Phi) is 3.50. The number of rotatable bonds is 4. The third kappa shape index (κ3) is 2.68. The molecule has 2 N–H and O–H groups in total. The van der Waals surface area contributed by atoms with Crippen LogP contribution in [0, 0.1) is 0 Å². The van der Waals surface area contributed by atoms with Gasteiger partial charge in [-0.15, -0.1) is 0 Å². The van der Waals surface area contributed by atoms with Crippen molar-refractivity contribution in [3.05, 3.63) is 64.4 Å². The van der Waals surface area contributed by atoms with E-state index >= 15 is 0 Å². The highest BCUT2D eigenvalue weighted by atomic mass is 16.5. The molecule has 21 heavy (non-hydrogen) atoms. The van der Waals surface area contributed by atoms with Gasteiger partial charge in [0.1, 0.15) is 5.75 Å². The first-order valence-corrected chi connectivity index (χ1v) is 6.71. The van der Waals surface area contributed by atoms with Crippen molar-refractivity contribution in [3.8, 4) is 5.75 Å². The molecule has 1 atom stereocenters. The van der Waals surface area contributed by atoms with E-state index in [1.54, 1.807) is 42.5 Å². The summed E-state index contributed by atoms with van der Waals surface area (Å²) in [5.74, 6) is 0.104. The summed E-state index contributed by atoms with van der Waals surface area (Å²) in [5.41, 5.74) is 0.946. The van der Waals surface area contributed by atoms with Gasteiger partial charge in [0, 0.05) is 0 Å². The molecule has 0 aliphatic carbocycles. The number of aromatic hydroxyl groups is 1. The van der Waals surface area contributed by atoms with Gasteiger partial charge in [0.25, 0.3) is 5.56 Å². The number of nitrogens with zero attached hydrogens (tertiary/aromatic N) is 1. The van der Waals surface area contributed by atoms with Gasteiger partial charge in [-0.3, -0.25) is 4.79 Å². The van der Waals surface area contributed by atoms with Crippen molar-refractivity contribution in [1.29, 1.82) is 0 Å². The molecule has 0 spiro atoms. The predicted octanol–water partition coefficient (Wildman–Crippen LogP) is 2.42. The Bertz CT molecular complexity index is 818. The lowest BCUT2D eigenvalue weighted by molar-refractivity contribution is 0.143. The second-order valence-corrected chi connectivity index (χ2v) is 4.89. The average Bonchev–Trinajstić information content (AvgIpc) is 2.82. The molecule has 0 saturated heterocycles. The van der Waals surface area contributed by atoms with E-state index in [0.717, 1.165) is 0 Å². The zero-order chi connectivity index (χ0) is 14.8. The fourth-order valence-corrected chi connectivity index (χ4v) is 2.30.